The van der Waals surface area contributed by atoms with E-state index >= 15 is 0 Å². The Hall–Kier alpha value is -3.43. The second-order valence-corrected chi connectivity index (χ2v) is 5.95. The van der Waals surface area contributed by atoms with E-state index in [0.717, 1.165) is 17.5 Å². The summed E-state index contributed by atoms with van der Waals surface area (Å²) in [7, 11) is 0. The van der Waals surface area contributed by atoms with E-state index in [0.29, 0.717) is 17.7 Å². The molecule has 0 aliphatic heterocycles. The number of aromatic nitrogens is 4. The molecule has 0 atom stereocenters. The Labute approximate surface area is 158 Å². The van der Waals surface area contributed by atoms with Crippen LogP contribution in [0.5, 0.6) is 0 Å². The van der Waals surface area contributed by atoms with Crippen molar-refractivity contribution in [3.8, 4) is 5.82 Å². The highest BCUT2D eigenvalue weighted by Crippen LogP contribution is 2.15. The molecule has 0 aliphatic carbocycles. The molecule has 0 bridgehead atoms. The molecule has 146 valence electrons. The number of nitrogens with zero attached hydrogens (tertiary/aromatic N) is 4. The van der Waals surface area contributed by atoms with Gasteiger partial charge < -0.3 is 10.6 Å². The third kappa shape index (κ3) is 3.95. The van der Waals surface area contributed by atoms with Gasteiger partial charge in [0.1, 0.15) is 24.3 Å². The van der Waals surface area contributed by atoms with Crippen molar-refractivity contribution >= 4 is 11.7 Å². The number of carbonyl (C=O) groups excluding carboxylic acids is 1. The first-order valence-corrected chi connectivity index (χ1v) is 8.37. The molecule has 3 aromatic rings. The second kappa shape index (κ2) is 8.07. The number of carbonyl (C=O) groups is 1. The average Bonchev–Trinajstić information content (AvgIpc) is 3.02. The van der Waals surface area contributed by atoms with Crippen molar-refractivity contribution in [1.82, 2.24) is 24.8 Å². The van der Waals surface area contributed by atoms with Crippen LogP contribution < -0.4 is 10.6 Å². The quantitative estimate of drug-likeness (QED) is 0.499. The molecule has 1 amide bonds. The van der Waals surface area contributed by atoms with Gasteiger partial charge in [-0.1, -0.05) is 0 Å². The van der Waals surface area contributed by atoms with Gasteiger partial charge in [-0.25, -0.2) is 28.1 Å². The zero-order valence-electron chi connectivity index (χ0n) is 15.1. The number of hydrogen-bond acceptors (Lipinski definition) is 5. The number of anilines is 1. The average molecular weight is 390 g/mol. The Morgan fingerprint density at radius 3 is 2.57 bits per heavy atom. The molecule has 2 aromatic heterocycles. The number of rotatable bonds is 6. The van der Waals surface area contributed by atoms with Crippen LogP contribution in [0.4, 0.5) is 19.0 Å². The van der Waals surface area contributed by atoms with Crippen molar-refractivity contribution in [2.75, 3.05) is 18.4 Å². The maximum atomic E-state index is 13.6. The molecular weight excluding hydrogens is 373 g/mol. The lowest BCUT2D eigenvalue weighted by Gasteiger charge is -2.10. The molecule has 28 heavy (non-hydrogen) atoms. The highest BCUT2D eigenvalue weighted by atomic mass is 19.2. The minimum absolute atomic E-state index is 0.111. The van der Waals surface area contributed by atoms with E-state index < -0.39 is 28.9 Å². The standard InChI is InChI=1S/C18H17F3N6O/c1-10-11(2)27(9-26-10)15-7-14(24-8-25-15)22-5-6-23-18(28)12-3-4-13(19)17(21)16(12)20/h3-4,7-9H,5-6H2,1-2H3,(H,23,28)(H,22,24,25). The molecule has 0 spiro atoms. The molecule has 2 heterocycles. The zero-order chi connectivity index (χ0) is 20.3. The molecule has 0 unspecified atom stereocenters. The van der Waals surface area contributed by atoms with Gasteiger partial charge in [-0.15, -0.1) is 0 Å². The summed E-state index contributed by atoms with van der Waals surface area (Å²) in [6.45, 7) is 4.20. The Bertz CT molecular complexity index is 1020. The highest BCUT2D eigenvalue weighted by molar-refractivity contribution is 5.94. The van der Waals surface area contributed by atoms with Gasteiger partial charge in [0.05, 0.1) is 11.3 Å². The number of halogens is 3. The largest absolute Gasteiger partial charge is 0.368 e. The summed E-state index contributed by atoms with van der Waals surface area (Å²) in [5, 5.41) is 5.42. The maximum absolute atomic E-state index is 13.6. The van der Waals surface area contributed by atoms with Gasteiger partial charge >= 0.3 is 0 Å². The predicted molar refractivity (Wildman–Crippen MR) is 95.8 cm³/mol. The first-order chi connectivity index (χ1) is 13.4. The van der Waals surface area contributed by atoms with Gasteiger partial charge in [0.2, 0.25) is 0 Å². The van der Waals surface area contributed by atoms with Crippen LogP contribution in [0.25, 0.3) is 5.82 Å². The van der Waals surface area contributed by atoms with Gasteiger partial charge in [0, 0.05) is 24.8 Å². The monoisotopic (exact) mass is 390 g/mol. The molecule has 0 aliphatic rings. The molecular formula is C18H17F3N6O. The van der Waals surface area contributed by atoms with Gasteiger partial charge in [-0.05, 0) is 26.0 Å². The normalized spacial score (nSPS) is 10.8. The minimum Gasteiger partial charge on any atom is -0.368 e. The van der Waals surface area contributed by atoms with E-state index in [1.165, 1.54) is 6.33 Å². The van der Waals surface area contributed by atoms with Crippen LogP contribution in [0.1, 0.15) is 21.7 Å². The molecule has 7 nitrogen and oxygen atoms in total. The number of hydrogen-bond donors (Lipinski definition) is 2. The Morgan fingerprint density at radius 1 is 1.07 bits per heavy atom. The lowest BCUT2D eigenvalue weighted by molar-refractivity contribution is 0.0950. The third-order valence-electron chi connectivity index (χ3n) is 4.15. The number of imidazole rings is 1. The third-order valence-corrected chi connectivity index (χ3v) is 4.15. The second-order valence-electron chi connectivity index (χ2n) is 5.95. The molecule has 1 aromatic carbocycles. The molecule has 3 rings (SSSR count). The lowest BCUT2D eigenvalue weighted by Crippen LogP contribution is -2.29. The topological polar surface area (TPSA) is 84.7 Å². The Morgan fingerprint density at radius 2 is 1.86 bits per heavy atom. The van der Waals surface area contributed by atoms with Crippen molar-refractivity contribution in [2.45, 2.75) is 13.8 Å². The number of benzene rings is 1. The van der Waals surface area contributed by atoms with Crippen molar-refractivity contribution in [2.24, 2.45) is 0 Å². The predicted octanol–water partition coefficient (Wildman–Crippen LogP) is 2.54. The number of nitrogens with one attached hydrogen (secondary N) is 2. The molecule has 0 saturated carbocycles. The summed E-state index contributed by atoms with van der Waals surface area (Å²) in [5.74, 6) is -4.24. The fraction of sp³-hybridized carbons (Fsp3) is 0.222. The van der Waals surface area contributed by atoms with E-state index in [4.69, 9.17) is 0 Å². The number of amides is 1. The van der Waals surface area contributed by atoms with Crippen molar-refractivity contribution in [3.63, 3.8) is 0 Å². The van der Waals surface area contributed by atoms with E-state index in [2.05, 4.69) is 25.6 Å². The smallest absolute Gasteiger partial charge is 0.254 e. The van der Waals surface area contributed by atoms with Crippen molar-refractivity contribution in [3.05, 3.63) is 65.3 Å². The van der Waals surface area contributed by atoms with E-state index in [1.54, 1.807) is 12.4 Å². The number of aryl methyl sites for hydroxylation is 1. The van der Waals surface area contributed by atoms with Gasteiger partial charge in [0.25, 0.3) is 5.91 Å². The summed E-state index contributed by atoms with van der Waals surface area (Å²) < 4.78 is 41.6. The first-order valence-electron chi connectivity index (χ1n) is 8.37. The molecule has 0 radical (unpaired) electrons. The van der Waals surface area contributed by atoms with Crippen LogP contribution in [0.15, 0.2) is 30.9 Å². The maximum Gasteiger partial charge on any atom is 0.254 e. The summed E-state index contributed by atoms with van der Waals surface area (Å²) >= 11 is 0. The molecule has 0 saturated heterocycles. The van der Waals surface area contributed by atoms with E-state index in [9.17, 15) is 18.0 Å². The molecule has 0 fully saturated rings. The minimum atomic E-state index is -1.68. The fourth-order valence-corrected chi connectivity index (χ4v) is 2.47. The highest BCUT2D eigenvalue weighted by Gasteiger charge is 2.18. The summed E-state index contributed by atoms with van der Waals surface area (Å²) in [5.41, 5.74) is 1.28. The summed E-state index contributed by atoms with van der Waals surface area (Å²) in [4.78, 5) is 24.4. The summed E-state index contributed by atoms with van der Waals surface area (Å²) in [6, 6.07) is 3.31. The van der Waals surface area contributed by atoms with Gasteiger partial charge in [-0.3, -0.25) is 9.36 Å². The lowest BCUT2D eigenvalue weighted by atomic mass is 10.2. The van der Waals surface area contributed by atoms with Gasteiger partial charge in [-0.2, -0.15) is 0 Å². The molecule has 10 heteroatoms. The van der Waals surface area contributed by atoms with E-state index in [1.807, 2.05) is 18.4 Å². The van der Waals surface area contributed by atoms with Crippen LogP contribution in [0.3, 0.4) is 0 Å². The van der Waals surface area contributed by atoms with Crippen LogP contribution in [0.2, 0.25) is 0 Å². The van der Waals surface area contributed by atoms with Crippen LogP contribution in [-0.2, 0) is 0 Å². The first kappa shape index (κ1) is 19.3. The molecule has 2 N–H and O–H groups in total. The summed E-state index contributed by atoms with van der Waals surface area (Å²) in [6.07, 6.45) is 3.05. The van der Waals surface area contributed by atoms with Crippen molar-refractivity contribution < 1.29 is 18.0 Å². The fourth-order valence-electron chi connectivity index (χ4n) is 2.47. The van der Waals surface area contributed by atoms with Crippen LogP contribution in [0, 0.1) is 31.3 Å². The Kier molecular flexibility index (Phi) is 5.57. The van der Waals surface area contributed by atoms with Crippen molar-refractivity contribution in [1.29, 1.82) is 0 Å². The van der Waals surface area contributed by atoms with Crippen LogP contribution >= 0.6 is 0 Å². The van der Waals surface area contributed by atoms with E-state index in [-0.39, 0.29) is 13.1 Å². The SMILES string of the molecule is Cc1ncn(-c2cc(NCCNC(=O)c3ccc(F)c(F)c3F)ncn2)c1C. The van der Waals surface area contributed by atoms with Crippen LogP contribution in [-0.4, -0.2) is 38.5 Å². The Balaban J connectivity index is 1.57. The van der Waals surface area contributed by atoms with Gasteiger partial charge in [0.15, 0.2) is 17.5 Å². The zero-order valence-corrected chi connectivity index (χ0v) is 15.1.